The smallest absolute Gasteiger partial charge is 0.264 e. The van der Waals surface area contributed by atoms with Crippen LogP contribution in [0.3, 0.4) is 0 Å². The molecule has 1 N–H and O–H groups in total. The first-order valence-electron chi connectivity index (χ1n) is 10.9. The highest BCUT2D eigenvalue weighted by atomic mass is 32.2. The van der Waals surface area contributed by atoms with E-state index in [1.807, 2.05) is 25.1 Å². The summed E-state index contributed by atoms with van der Waals surface area (Å²) in [6.07, 6.45) is 0.965. The molecule has 0 spiro atoms. The molecule has 0 bridgehead atoms. The van der Waals surface area contributed by atoms with Crippen molar-refractivity contribution in [2.24, 2.45) is 0 Å². The zero-order chi connectivity index (χ0) is 24.0. The number of nitrogens with one attached hydrogen (secondary N) is 1. The Balaban J connectivity index is 1.83. The summed E-state index contributed by atoms with van der Waals surface area (Å²) in [6.45, 7) is 2.46. The Bertz CT molecular complexity index is 1180. The molecule has 0 aliphatic rings. The molecule has 3 aromatic carbocycles. The van der Waals surface area contributed by atoms with Crippen molar-refractivity contribution in [3.05, 3.63) is 95.6 Å². The molecular formula is C26H31N3O3S. The van der Waals surface area contributed by atoms with Gasteiger partial charge >= 0.3 is 0 Å². The summed E-state index contributed by atoms with van der Waals surface area (Å²) in [5, 5.41) is 2.94. The lowest BCUT2D eigenvalue weighted by molar-refractivity contribution is 0.0938. The minimum absolute atomic E-state index is 0.0254. The van der Waals surface area contributed by atoms with E-state index in [1.54, 1.807) is 42.5 Å². The largest absolute Gasteiger partial charge is 0.350 e. The molecule has 33 heavy (non-hydrogen) atoms. The molecule has 7 heteroatoms. The molecule has 1 atom stereocenters. The monoisotopic (exact) mass is 465 g/mol. The number of benzene rings is 3. The molecule has 1 amide bonds. The zero-order valence-electron chi connectivity index (χ0n) is 19.5. The molecule has 0 aromatic heterocycles. The Labute approximate surface area is 196 Å². The minimum atomic E-state index is -3.92. The highest BCUT2D eigenvalue weighted by Gasteiger charge is 2.27. The highest BCUT2D eigenvalue weighted by Crippen LogP contribution is 2.25. The molecule has 0 aliphatic heterocycles. The van der Waals surface area contributed by atoms with Crippen LogP contribution in [-0.4, -0.2) is 46.9 Å². The fourth-order valence-corrected chi connectivity index (χ4v) is 5.05. The number of hydrogen-bond donors (Lipinski definition) is 1. The molecule has 1 unspecified atom stereocenters. The lowest BCUT2D eigenvalue weighted by Gasteiger charge is -2.26. The maximum atomic E-state index is 13.3. The quantitative estimate of drug-likeness (QED) is 0.516. The summed E-state index contributed by atoms with van der Waals surface area (Å²) in [6, 6.07) is 23.4. The van der Waals surface area contributed by atoms with E-state index < -0.39 is 15.9 Å². The van der Waals surface area contributed by atoms with Crippen molar-refractivity contribution in [3.63, 3.8) is 0 Å². The fraction of sp³-hybridized carbons (Fsp3) is 0.269. The Morgan fingerprint density at radius 3 is 2.09 bits per heavy atom. The van der Waals surface area contributed by atoms with E-state index in [2.05, 4.69) is 36.5 Å². The van der Waals surface area contributed by atoms with Crippen molar-refractivity contribution in [1.29, 1.82) is 0 Å². The second kappa shape index (κ2) is 10.6. The number of carbonyl (C=O) groups excluding carboxylic acids is 1. The van der Waals surface area contributed by atoms with Crippen molar-refractivity contribution in [1.82, 2.24) is 10.2 Å². The molecule has 0 aliphatic carbocycles. The second-order valence-corrected chi connectivity index (χ2v) is 10.0. The number of nitrogens with zero attached hydrogens (tertiary/aromatic N) is 2. The molecule has 3 aromatic rings. The van der Waals surface area contributed by atoms with Gasteiger partial charge in [0.1, 0.15) is 4.90 Å². The zero-order valence-corrected chi connectivity index (χ0v) is 20.3. The molecule has 0 saturated carbocycles. The number of sulfonamides is 1. The molecule has 6 nitrogen and oxygen atoms in total. The summed E-state index contributed by atoms with van der Waals surface area (Å²) < 4.78 is 27.8. The van der Waals surface area contributed by atoms with Crippen molar-refractivity contribution >= 4 is 21.6 Å². The van der Waals surface area contributed by atoms with Gasteiger partial charge in [-0.2, -0.15) is 0 Å². The van der Waals surface area contributed by atoms with E-state index in [9.17, 15) is 13.2 Å². The van der Waals surface area contributed by atoms with Gasteiger partial charge in [0.05, 0.1) is 17.3 Å². The van der Waals surface area contributed by atoms with Crippen LogP contribution in [0.25, 0.3) is 0 Å². The Hall–Kier alpha value is -3.16. The van der Waals surface area contributed by atoms with E-state index in [1.165, 1.54) is 23.0 Å². The number of likely N-dealkylation sites (N-methyl/N-ethyl adjacent to an activating group) is 1. The van der Waals surface area contributed by atoms with E-state index in [4.69, 9.17) is 0 Å². The average Bonchev–Trinajstić information content (AvgIpc) is 2.84. The molecule has 0 fully saturated rings. The van der Waals surface area contributed by atoms with E-state index in [0.717, 1.165) is 12.0 Å². The van der Waals surface area contributed by atoms with Crippen molar-refractivity contribution in [2.45, 2.75) is 24.3 Å². The topological polar surface area (TPSA) is 69.7 Å². The number of para-hydroxylation sites is 1. The summed E-state index contributed by atoms with van der Waals surface area (Å²) in [7, 11) is 1.48. The van der Waals surface area contributed by atoms with Crippen LogP contribution in [0, 0.1) is 0 Å². The standard InChI is InChI=1S/C26H31N3O3S/c1-5-20-15-17-21(18-16-20)24(28(2)3)19-27-26(30)23-13-9-10-14-25(23)33(31,32)29(4)22-11-7-6-8-12-22/h6-18,24H,5,19H2,1-4H3,(H,27,30). The predicted octanol–water partition coefficient (Wildman–Crippen LogP) is 4.11. The number of rotatable bonds is 9. The molecular weight excluding hydrogens is 434 g/mol. The summed E-state index contributed by atoms with van der Waals surface area (Å²) >= 11 is 0. The maximum Gasteiger partial charge on any atom is 0.264 e. The first kappa shape index (κ1) is 24.5. The third-order valence-electron chi connectivity index (χ3n) is 5.74. The van der Waals surface area contributed by atoms with Gasteiger partial charge in [0.25, 0.3) is 15.9 Å². The van der Waals surface area contributed by atoms with Gasteiger partial charge in [0.2, 0.25) is 0 Å². The van der Waals surface area contributed by atoms with Gasteiger partial charge < -0.3 is 10.2 Å². The van der Waals surface area contributed by atoms with Gasteiger partial charge in [-0.25, -0.2) is 8.42 Å². The SMILES string of the molecule is CCc1ccc(C(CNC(=O)c2ccccc2S(=O)(=O)N(C)c2ccccc2)N(C)C)cc1. The minimum Gasteiger partial charge on any atom is -0.350 e. The number of hydrogen-bond acceptors (Lipinski definition) is 4. The average molecular weight is 466 g/mol. The summed E-state index contributed by atoms with van der Waals surface area (Å²) in [4.78, 5) is 15.1. The molecule has 0 saturated heterocycles. The van der Waals surface area contributed by atoms with E-state index in [-0.39, 0.29) is 16.5 Å². The Morgan fingerprint density at radius 2 is 1.48 bits per heavy atom. The first-order valence-corrected chi connectivity index (χ1v) is 12.4. The van der Waals surface area contributed by atoms with Gasteiger partial charge in [0, 0.05) is 13.6 Å². The van der Waals surface area contributed by atoms with Crippen molar-refractivity contribution in [2.75, 3.05) is 32.0 Å². The van der Waals surface area contributed by atoms with Gasteiger partial charge in [0.15, 0.2) is 0 Å². The van der Waals surface area contributed by atoms with Crippen LogP contribution in [0.2, 0.25) is 0 Å². The third-order valence-corrected chi connectivity index (χ3v) is 7.59. The van der Waals surface area contributed by atoms with Gasteiger partial charge in [-0.1, -0.05) is 61.5 Å². The van der Waals surface area contributed by atoms with Crippen molar-refractivity contribution in [3.8, 4) is 0 Å². The predicted molar refractivity (Wildman–Crippen MR) is 133 cm³/mol. The van der Waals surface area contributed by atoms with Crippen LogP contribution in [0.5, 0.6) is 0 Å². The molecule has 0 heterocycles. The van der Waals surface area contributed by atoms with Crippen LogP contribution >= 0.6 is 0 Å². The van der Waals surface area contributed by atoms with Crippen LogP contribution < -0.4 is 9.62 Å². The summed E-state index contributed by atoms with van der Waals surface area (Å²) in [5.41, 5.74) is 2.99. The van der Waals surface area contributed by atoms with Gasteiger partial charge in [-0.05, 0) is 55.9 Å². The fourth-order valence-electron chi connectivity index (χ4n) is 3.66. The normalized spacial score (nSPS) is 12.4. The number of amides is 1. The van der Waals surface area contributed by atoms with Gasteiger partial charge in [-0.3, -0.25) is 9.10 Å². The maximum absolute atomic E-state index is 13.3. The van der Waals surface area contributed by atoms with Crippen molar-refractivity contribution < 1.29 is 13.2 Å². The first-order chi connectivity index (χ1) is 15.8. The number of anilines is 1. The lowest BCUT2D eigenvalue weighted by Crippen LogP contribution is -2.36. The molecule has 0 radical (unpaired) electrons. The molecule has 174 valence electrons. The van der Waals surface area contributed by atoms with Crippen LogP contribution in [-0.2, 0) is 16.4 Å². The third kappa shape index (κ3) is 5.61. The van der Waals surface area contributed by atoms with Crippen LogP contribution in [0.4, 0.5) is 5.69 Å². The number of aryl methyl sites for hydroxylation is 1. The van der Waals surface area contributed by atoms with E-state index in [0.29, 0.717) is 12.2 Å². The summed E-state index contributed by atoms with van der Waals surface area (Å²) in [5.74, 6) is -0.423. The second-order valence-electron chi connectivity index (χ2n) is 8.09. The number of carbonyl (C=O) groups is 1. The van der Waals surface area contributed by atoms with Crippen LogP contribution in [0.15, 0.2) is 83.8 Å². The Morgan fingerprint density at radius 1 is 0.879 bits per heavy atom. The van der Waals surface area contributed by atoms with Gasteiger partial charge in [-0.15, -0.1) is 0 Å². The van der Waals surface area contributed by atoms with Crippen LogP contribution in [0.1, 0.15) is 34.5 Å². The Kier molecular flexibility index (Phi) is 7.89. The lowest BCUT2D eigenvalue weighted by atomic mass is 10.0. The highest BCUT2D eigenvalue weighted by molar-refractivity contribution is 7.92. The van der Waals surface area contributed by atoms with E-state index >= 15 is 0 Å². The molecule has 3 rings (SSSR count).